The third-order valence-electron chi connectivity index (χ3n) is 5.97. The van der Waals surface area contributed by atoms with Crippen LogP contribution in [0.25, 0.3) is 10.1 Å². The van der Waals surface area contributed by atoms with Crippen LogP contribution in [-0.2, 0) is 0 Å². The fourth-order valence-electron chi connectivity index (χ4n) is 4.69. The molecular weight excluding hydrogens is 294 g/mol. The fraction of sp³-hybridized carbons (Fsp3) is 0.529. The normalized spacial score (nSPS) is 35.9. The highest BCUT2D eigenvalue weighted by Gasteiger charge is 2.61. The first-order valence-electron chi connectivity index (χ1n) is 8.15. The van der Waals surface area contributed by atoms with E-state index in [2.05, 4.69) is 15.6 Å². The Kier molecular flexibility index (Phi) is 2.68. The van der Waals surface area contributed by atoms with E-state index >= 15 is 0 Å². The molecule has 3 heterocycles. The summed E-state index contributed by atoms with van der Waals surface area (Å²) in [5, 5.41) is 10.0. The van der Waals surface area contributed by atoms with Gasteiger partial charge in [-0.2, -0.15) is 0 Å². The molecule has 1 aliphatic heterocycles. The van der Waals surface area contributed by atoms with Crippen LogP contribution in [0.15, 0.2) is 23.7 Å². The Balaban J connectivity index is 1.42. The van der Waals surface area contributed by atoms with Crippen molar-refractivity contribution in [2.75, 3.05) is 6.54 Å². The van der Waals surface area contributed by atoms with Crippen molar-refractivity contribution in [3.05, 3.63) is 29.4 Å². The first-order chi connectivity index (χ1) is 10.8. The van der Waals surface area contributed by atoms with E-state index in [-0.39, 0.29) is 17.5 Å². The molecule has 2 N–H and O–H groups in total. The van der Waals surface area contributed by atoms with Crippen LogP contribution in [0.1, 0.15) is 36.2 Å². The lowest BCUT2D eigenvalue weighted by atomic mass is 9.61. The van der Waals surface area contributed by atoms with Crippen molar-refractivity contribution in [1.29, 1.82) is 0 Å². The molecule has 22 heavy (non-hydrogen) atoms. The summed E-state index contributed by atoms with van der Waals surface area (Å²) in [7, 11) is 0. The number of carbonyl (C=O) groups excluding carboxylic acids is 1. The van der Waals surface area contributed by atoms with Gasteiger partial charge in [0.1, 0.15) is 5.69 Å². The molecule has 4 fully saturated rings. The molecule has 1 saturated heterocycles. The number of aromatic nitrogens is 1. The van der Waals surface area contributed by atoms with Crippen LogP contribution < -0.4 is 10.6 Å². The summed E-state index contributed by atoms with van der Waals surface area (Å²) in [6.45, 7) is 1.07. The van der Waals surface area contributed by atoms with Crippen LogP contribution in [0.3, 0.4) is 0 Å². The van der Waals surface area contributed by atoms with Gasteiger partial charge in [-0.25, -0.2) is 0 Å². The Hall–Kier alpha value is -1.46. The number of hydrogen-bond acceptors (Lipinski definition) is 4. The van der Waals surface area contributed by atoms with Crippen molar-refractivity contribution in [1.82, 2.24) is 15.6 Å². The Morgan fingerprint density at radius 3 is 2.95 bits per heavy atom. The second-order valence-electron chi connectivity index (χ2n) is 6.98. The van der Waals surface area contributed by atoms with Gasteiger partial charge in [0.05, 0.1) is 11.6 Å². The van der Waals surface area contributed by atoms with Gasteiger partial charge in [-0.05, 0) is 55.0 Å². The van der Waals surface area contributed by atoms with Gasteiger partial charge in [-0.1, -0.05) is 0 Å². The molecule has 2 aromatic rings. The first kappa shape index (κ1) is 13.0. The summed E-state index contributed by atoms with van der Waals surface area (Å²) in [5.41, 5.74) is 0.747. The minimum Gasteiger partial charge on any atom is -0.346 e. The topological polar surface area (TPSA) is 63.9 Å². The SMILES string of the molecule is O=C(NC1C2CCC(CC2)[C@@]12CN2)c1cc2sccc2cn1. The van der Waals surface area contributed by atoms with E-state index in [0.29, 0.717) is 11.6 Å². The zero-order valence-electron chi connectivity index (χ0n) is 12.3. The second kappa shape index (κ2) is 4.52. The maximum absolute atomic E-state index is 12.7. The third kappa shape index (κ3) is 1.78. The molecule has 3 aliphatic carbocycles. The molecule has 1 unspecified atom stereocenters. The van der Waals surface area contributed by atoms with Crippen molar-refractivity contribution >= 4 is 27.3 Å². The van der Waals surface area contributed by atoms with Crippen LogP contribution in [0.5, 0.6) is 0 Å². The predicted octanol–water partition coefficient (Wildman–Crippen LogP) is 2.56. The molecule has 4 aliphatic rings. The average molecular weight is 313 g/mol. The van der Waals surface area contributed by atoms with Crippen LogP contribution >= 0.6 is 11.3 Å². The van der Waals surface area contributed by atoms with E-state index in [1.54, 1.807) is 17.5 Å². The zero-order chi connectivity index (χ0) is 14.7. The molecule has 4 nitrogen and oxygen atoms in total. The molecule has 2 bridgehead atoms. The molecule has 0 radical (unpaired) electrons. The number of rotatable bonds is 2. The largest absolute Gasteiger partial charge is 0.346 e. The number of nitrogens with zero attached hydrogens (tertiary/aromatic N) is 1. The molecule has 2 atom stereocenters. The van der Waals surface area contributed by atoms with Crippen LogP contribution in [0.2, 0.25) is 0 Å². The highest BCUT2D eigenvalue weighted by molar-refractivity contribution is 7.17. The number of carbonyl (C=O) groups is 1. The summed E-state index contributed by atoms with van der Waals surface area (Å²) in [4.78, 5) is 17.0. The van der Waals surface area contributed by atoms with E-state index < -0.39 is 0 Å². The van der Waals surface area contributed by atoms with E-state index in [4.69, 9.17) is 0 Å². The Bertz CT molecular complexity index is 743. The van der Waals surface area contributed by atoms with Crippen molar-refractivity contribution in [2.45, 2.75) is 37.3 Å². The van der Waals surface area contributed by atoms with Crippen LogP contribution in [0.4, 0.5) is 0 Å². The average Bonchev–Trinajstić information content (AvgIpc) is 3.18. The van der Waals surface area contributed by atoms with Crippen LogP contribution in [0, 0.1) is 11.8 Å². The van der Waals surface area contributed by atoms with Crippen molar-refractivity contribution in [3.63, 3.8) is 0 Å². The number of thiophene rings is 1. The summed E-state index contributed by atoms with van der Waals surface area (Å²) < 4.78 is 1.13. The van der Waals surface area contributed by atoms with E-state index in [9.17, 15) is 4.79 Å². The number of hydrogen-bond donors (Lipinski definition) is 2. The quantitative estimate of drug-likeness (QED) is 0.838. The van der Waals surface area contributed by atoms with Gasteiger partial charge in [0.25, 0.3) is 5.91 Å². The van der Waals surface area contributed by atoms with Gasteiger partial charge in [0.15, 0.2) is 0 Å². The predicted molar refractivity (Wildman–Crippen MR) is 87.1 cm³/mol. The fourth-order valence-corrected chi connectivity index (χ4v) is 5.49. The molecule has 2 aromatic heterocycles. The maximum atomic E-state index is 12.7. The summed E-state index contributed by atoms with van der Waals surface area (Å²) >= 11 is 1.66. The van der Waals surface area contributed by atoms with Crippen molar-refractivity contribution < 1.29 is 4.79 Å². The Morgan fingerprint density at radius 2 is 2.18 bits per heavy atom. The molecule has 114 valence electrons. The summed E-state index contributed by atoms with van der Waals surface area (Å²) in [5.74, 6) is 1.37. The van der Waals surface area contributed by atoms with E-state index in [0.717, 1.165) is 22.5 Å². The van der Waals surface area contributed by atoms with Gasteiger partial charge in [-0.3, -0.25) is 9.78 Å². The molecule has 1 amide bonds. The van der Waals surface area contributed by atoms with Gasteiger partial charge in [-0.15, -0.1) is 11.3 Å². The first-order valence-corrected chi connectivity index (χ1v) is 9.03. The summed E-state index contributed by atoms with van der Waals surface area (Å²) in [6.07, 6.45) is 6.97. The van der Waals surface area contributed by atoms with Gasteiger partial charge in [0, 0.05) is 22.8 Å². The second-order valence-corrected chi connectivity index (χ2v) is 7.93. The van der Waals surface area contributed by atoms with Crippen LogP contribution in [-0.4, -0.2) is 29.0 Å². The highest BCUT2D eigenvalue weighted by atomic mass is 32.1. The number of amides is 1. The lowest BCUT2D eigenvalue weighted by Crippen LogP contribution is -2.60. The van der Waals surface area contributed by atoms with Gasteiger partial charge in [0.2, 0.25) is 0 Å². The molecule has 1 spiro atoms. The molecule has 5 heteroatoms. The Labute approximate surface area is 133 Å². The number of nitrogens with one attached hydrogen (secondary N) is 2. The lowest BCUT2D eigenvalue weighted by molar-refractivity contribution is 0.0631. The molecule has 0 aromatic carbocycles. The van der Waals surface area contributed by atoms with E-state index in [1.165, 1.54) is 25.7 Å². The highest BCUT2D eigenvalue weighted by Crippen LogP contribution is 2.51. The molecule has 3 saturated carbocycles. The Morgan fingerprint density at radius 1 is 1.36 bits per heavy atom. The monoisotopic (exact) mass is 313 g/mol. The lowest BCUT2D eigenvalue weighted by Gasteiger charge is -2.48. The standard InChI is InChI=1S/C17H19N3OS/c21-16(13-7-14-11(8-18-13)5-6-22-14)20-15-10-1-3-12(4-2-10)17(15)9-19-17/h5-8,10,12,15,19H,1-4,9H2,(H,20,21)/t10?,12?,15?,17-/m0/s1. The van der Waals surface area contributed by atoms with Crippen molar-refractivity contribution in [2.24, 2.45) is 11.8 Å². The minimum atomic E-state index is -0.0130. The van der Waals surface area contributed by atoms with Gasteiger partial charge >= 0.3 is 0 Å². The minimum absolute atomic E-state index is 0.0130. The third-order valence-corrected chi connectivity index (χ3v) is 6.85. The van der Waals surface area contributed by atoms with E-state index in [1.807, 2.05) is 17.5 Å². The smallest absolute Gasteiger partial charge is 0.270 e. The molecular formula is C17H19N3OS. The van der Waals surface area contributed by atoms with Gasteiger partial charge < -0.3 is 10.6 Å². The maximum Gasteiger partial charge on any atom is 0.270 e. The number of pyridine rings is 1. The summed E-state index contributed by atoms with van der Waals surface area (Å²) in [6, 6.07) is 4.25. The zero-order valence-corrected chi connectivity index (χ0v) is 13.2. The number of fused-ring (bicyclic) bond motifs is 3. The van der Waals surface area contributed by atoms with Crippen molar-refractivity contribution in [3.8, 4) is 0 Å². The molecule has 6 rings (SSSR count).